The quantitative estimate of drug-likeness (QED) is 0.775. The molecule has 0 heterocycles. The molecule has 1 aromatic rings. The number of carbonyl (C=O) groups excluding carboxylic acids is 1. The number of halogens is 2. The van der Waals surface area contributed by atoms with E-state index in [-0.39, 0.29) is 10.7 Å². The Morgan fingerprint density at radius 1 is 1.41 bits per heavy atom. The molecule has 0 aliphatic rings. The summed E-state index contributed by atoms with van der Waals surface area (Å²) in [6, 6.07) is 4.06. The van der Waals surface area contributed by atoms with Crippen LogP contribution in [0.3, 0.4) is 0 Å². The Bertz CT molecular complexity index is 385. The van der Waals surface area contributed by atoms with E-state index in [0.717, 1.165) is 19.3 Å². The maximum absolute atomic E-state index is 13.4. The van der Waals surface area contributed by atoms with Crippen LogP contribution in [-0.4, -0.2) is 12.6 Å². The zero-order chi connectivity index (χ0) is 12.7. The molecule has 0 bridgehead atoms. The highest BCUT2D eigenvalue weighted by Gasteiger charge is 2.08. The number of anilines is 1. The Kier molecular flexibility index (Phi) is 5.77. The molecule has 5 heteroatoms. The second-order valence-corrected chi connectivity index (χ2v) is 4.10. The number of rotatable bonds is 5. The average molecular weight is 259 g/mol. The van der Waals surface area contributed by atoms with Crippen LogP contribution in [0.4, 0.5) is 14.9 Å². The van der Waals surface area contributed by atoms with Gasteiger partial charge in [0.05, 0.1) is 10.7 Å². The molecule has 94 valence electrons. The molecule has 0 aliphatic heterocycles. The second-order valence-electron chi connectivity index (χ2n) is 3.69. The van der Waals surface area contributed by atoms with Gasteiger partial charge in [0.2, 0.25) is 0 Å². The van der Waals surface area contributed by atoms with Crippen LogP contribution in [0.1, 0.15) is 26.2 Å². The molecule has 0 fully saturated rings. The van der Waals surface area contributed by atoms with Crippen molar-refractivity contribution >= 4 is 23.3 Å². The summed E-state index contributed by atoms with van der Waals surface area (Å²) in [7, 11) is 0. The molecule has 3 nitrogen and oxygen atoms in total. The van der Waals surface area contributed by atoms with Crippen molar-refractivity contribution < 1.29 is 9.18 Å². The lowest BCUT2D eigenvalue weighted by molar-refractivity contribution is 0.252. The lowest BCUT2D eigenvalue weighted by Crippen LogP contribution is -2.29. The average Bonchev–Trinajstić information content (AvgIpc) is 2.31. The standard InChI is InChI=1S/C12H16ClFN2O/c1-2-3-4-8-15-12(17)16-10-7-5-6-9(13)11(10)14/h5-7H,2-4,8H2,1H3,(H2,15,16,17). The van der Waals surface area contributed by atoms with Gasteiger partial charge in [-0.3, -0.25) is 0 Å². The highest BCUT2D eigenvalue weighted by atomic mass is 35.5. The number of hydrogen-bond donors (Lipinski definition) is 2. The van der Waals surface area contributed by atoms with E-state index in [1.54, 1.807) is 6.07 Å². The van der Waals surface area contributed by atoms with Crippen LogP contribution in [0.15, 0.2) is 18.2 Å². The van der Waals surface area contributed by atoms with Crippen LogP contribution < -0.4 is 10.6 Å². The number of hydrogen-bond acceptors (Lipinski definition) is 1. The minimum Gasteiger partial charge on any atom is -0.338 e. The van der Waals surface area contributed by atoms with Crippen molar-refractivity contribution in [3.63, 3.8) is 0 Å². The van der Waals surface area contributed by atoms with Crippen molar-refractivity contribution in [2.24, 2.45) is 0 Å². The van der Waals surface area contributed by atoms with Crippen molar-refractivity contribution in [1.29, 1.82) is 0 Å². The van der Waals surface area contributed by atoms with E-state index < -0.39 is 11.8 Å². The summed E-state index contributed by atoms with van der Waals surface area (Å²) in [5.74, 6) is -0.613. The molecule has 2 amide bonds. The highest BCUT2D eigenvalue weighted by molar-refractivity contribution is 6.31. The van der Waals surface area contributed by atoms with Crippen molar-refractivity contribution in [2.75, 3.05) is 11.9 Å². The van der Waals surface area contributed by atoms with Crippen LogP contribution in [-0.2, 0) is 0 Å². The van der Waals surface area contributed by atoms with E-state index in [9.17, 15) is 9.18 Å². The summed E-state index contributed by atoms with van der Waals surface area (Å²) in [6.07, 6.45) is 3.07. The first-order valence-corrected chi connectivity index (χ1v) is 6.01. The first-order chi connectivity index (χ1) is 8.15. The lowest BCUT2D eigenvalue weighted by Gasteiger charge is -2.08. The van der Waals surface area contributed by atoms with E-state index in [1.165, 1.54) is 12.1 Å². The maximum atomic E-state index is 13.4. The van der Waals surface area contributed by atoms with Crippen molar-refractivity contribution in [3.05, 3.63) is 29.0 Å². The third kappa shape index (κ3) is 4.61. The topological polar surface area (TPSA) is 41.1 Å². The fourth-order valence-corrected chi connectivity index (χ4v) is 1.52. The van der Waals surface area contributed by atoms with Gasteiger partial charge in [0.15, 0.2) is 5.82 Å². The van der Waals surface area contributed by atoms with Gasteiger partial charge in [0, 0.05) is 6.54 Å². The van der Waals surface area contributed by atoms with E-state index in [4.69, 9.17) is 11.6 Å². The normalized spacial score (nSPS) is 10.1. The number of nitrogens with one attached hydrogen (secondary N) is 2. The maximum Gasteiger partial charge on any atom is 0.319 e. The predicted octanol–water partition coefficient (Wildman–Crippen LogP) is 3.79. The Hall–Kier alpha value is -1.29. The van der Waals surface area contributed by atoms with Crippen molar-refractivity contribution in [3.8, 4) is 0 Å². The van der Waals surface area contributed by atoms with Crippen molar-refractivity contribution in [2.45, 2.75) is 26.2 Å². The molecular formula is C12H16ClFN2O. The van der Waals surface area contributed by atoms with Crippen LogP contribution in [0.2, 0.25) is 5.02 Å². The summed E-state index contributed by atoms with van der Waals surface area (Å²) in [4.78, 5) is 11.4. The summed E-state index contributed by atoms with van der Waals surface area (Å²) < 4.78 is 13.4. The summed E-state index contributed by atoms with van der Waals surface area (Å²) in [6.45, 7) is 2.67. The number of unbranched alkanes of at least 4 members (excludes halogenated alkanes) is 2. The second kappa shape index (κ2) is 7.12. The molecular weight excluding hydrogens is 243 g/mol. The Balaban J connectivity index is 2.43. The molecule has 0 radical (unpaired) electrons. The Morgan fingerprint density at radius 3 is 2.88 bits per heavy atom. The predicted molar refractivity (Wildman–Crippen MR) is 68.0 cm³/mol. The molecule has 1 rings (SSSR count). The zero-order valence-corrected chi connectivity index (χ0v) is 10.5. The molecule has 2 N–H and O–H groups in total. The minimum absolute atomic E-state index is 0.00576. The molecule has 0 saturated carbocycles. The summed E-state index contributed by atoms with van der Waals surface area (Å²) >= 11 is 5.60. The molecule has 0 aromatic heterocycles. The molecule has 0 saturated heterocycles. The monoisotopic (exact) mass is 258 g/mol. The van der Waals surface area contributed by atoms with E-state index in [2.05, 4.69) is 17.6 Å². The van der Waals surface area contributed by atoms with Gasteiger partial charge in [0.25, 0.3) is 0 Å². The van der Waals surface area contributed by atoms with E-state index in [0.29, 0.717) is 6.54 Å². The van der Waals surface area contributed by atoms with E-state index >= 15 is 0 Å². The zero-order valence-electron chi connectivity index (χ0n) is 9.72. The summed E-state index contributed by atoms with van der Waals surface area (Å²) in [5, 5.41) is 5.07. The van der Waals surface area contributed by atoms with Crippen LogP contribution in [0.25, 0.3) is 0 Å². The van der Waals surface area contributed by atoms with Crippen LogP contribution in [0, 0.1) is 5.82 Å². The first-order valence-electron chi connectivity index (χ1n) is 5.64. The Labute approximate surface area is 105 Å². The van der Waals surface area contributed by atoms with Crippen molar-refractivity contribution in [1.82, 2.24) is 5.32 Å². The summed E-state index contributed by atoms with van der Waals surface area (Å²) in [5.41, 5.74) is 0.0884. The van der Waals surface area contributed by atoms with Gasteiger partial charge in [-0.25, -0.2) is 9.18 Å². The third-order valence-electron chi connectivity index (χ3n) is 2.27. The van der Waals surface area contributed by atoms with Gasteiger partial charge in [-0.2, -0.15) is 0 Å². The van der Waals surface area contributed by atoms with Gasteiger partial charge in [-0.05, 0) is 18.6 Å². The van der Waals surface area contributed by atoms with Gasteiger partial charge in [-0.1, -0.05) is 37.4 Å². The highest BCUT2D eigenvalue weighted by Crippen LogP contribution is 2.21. The van der Waals surface area contributed by atoms with E-state index in [1.807, 2.05) is 0 Å². The molecule has 17 heavy (non-hydrogen) atoms. The first kappa shape index (κ1) is 13.8. The largest absolute Gasteiger partial charge is 0.338 e. The van der Waals surface area contributed by atoms with Gasteiger partial charge < -0.3 is 10.6 Å². The van der Waals surface area contributed by atoms with Gasteiger partial charge in [-0.15, -0.1) is 0 Å². The van der Waals surface area contributed by atoms with Crippen LogP contribution in [0.5, 0.6) is 0 Å². The smallest absolute Gasteiger partial charge is 0.319 e. The number of benzene rings is 1. The number of carbonyl (C=O) groups is 1. The molecule has 1 aromatic carbocycles. The SMILES string of the molecule is CCCCCNC(=O)Nc1cccc(Cl)c1F. The number of urea groups is 1. The van der Waals surface area contributed by atoms with Gasteiger partial charge in [0.1, 0.15) is 0 Å². The number of amides is 2. The minimum atomic E-state index is -0.613. The molecule has 0 aliphatic carbocycles. The molecule has 0 atom stereocenters. The molecule has 0 unspecified atom stereocenters. The molecule has 0 spiro atoms. The fraction of sp³-hybridized carbons (Fsp3) is 0.417. The van der Waals surface area contributed by atoms with Crippen LogP contribution >= 0.6 is 11.6 Å². The van der Waals surface area contributed by atoms with Gasteiger partial charge >= 0.3 is 6.03 Å². The Morgan fingerprint density at radius 2 is 2.18 bits per heavy atom. The lowest BCUT2D eigenvalue weighted by atomic mass is 10.2. The fourth-order valence-electron chi connectivity index (χ4n) is 1.34. The third-order valence-corrected chi connectivity index (χ3v) is 2.56.